The van der Waals surface area contributed by atoms with Crippen LogP contribution in [-0.2, 0) is 10.5 Å². The van der Waals surface area contributed by atoms with E-state index in [0.29, 0.717) is 6.42 Å². The molecular weight excluding hydrogens is 228 g/mol. The monoisotopic (exact) mass is 248 g/mol. The number of thioether (sulfide) groups is 1. The largest absolute Gasteiger partial charge is 0.295 e. The summed E-state index contributed by atoms with van der Waals surface area (Å²) in [4.78, 5) is 11.2. The van der Waals surface area contributed by atoms with E-state index in [-0.39, 0.29) is 5.78 Å². The van der Waals surface area contributed by atoms with E-state index < -0.39 is 0 Å². The fourth-order valence-electron chi connectivity index (χ4n) is 1.54. The van der Waals surface area contributed by atoms with Gasteiger partial charge in [-0.05, 0) is 37.2 Å². The molecule has 0 aliphatic rings. The molecule has 0 aromatic heterocycles. The van der Waals surface area contributed by atoms with Crippen LogP contribution in [0, 0.1) is 0 Å². The lowest BCUT2D eigenvalue weighted by atomic mass is 10.2. The number of carbonyl (C=O) groups excluding carboxylic acids is 1. The Morgan fingerprint density at radius 1 is 1.24 bits per heavy atom. The number of ketones is 1. The Hall–Kier alpha value is -1.02. The lowest BCUT2D eigenvalue weighted by molar-refractivity contribution is -0.114. The third kappa shape index (κ3) is 7.01. The van der Waals surface area contributed by atoms with E-state index in [0.717, 1.165) is 24.3 Å². The minimum Gasteiger partial charge on any atom is -0.295 e. The van der Waals surface area contributed by atoms with Crippen LogP contribution in [0.1, 0.15) is 31.7 Å². The van der Waals surface area contributed by atoms with Crippen LogP contribution in [-0.4, -0.2) is 11.5 Å². The Kier molecular flexibility index (Phi) is 7.48. The molecule has 0 spiro atoms. The average Bonchev–Trinajstić information content (AvgIpc) is 2.35. The number of hydrogen-bond acceptors (Lipinski definition) is 2. The third-order valence-corrected chi connectivity index (χ3v) is 3.54. The molecule has 0 aliphatic heterocycles. The predicted molar refractivity (Wildman–Crippen MR) is 76.3 cm³/mol. The van der Waals surface area contributed by atoms with E-state index in [4.69, 9.17) is 0 Å². The highest BCUT2D eigenvalue weighted by Gasteiger charge is 1.97. The zero-order valence-corrected chi connectivity index (χ0v) is 11.2. The summed E-state index contributed by atoms with van der Waals surface area (Å²) in [6, 6.07) is 10.5. The first-order valence-electron chi connectivity index (χ1n) is 6.10. The Morgan fingerprint density at radius 3 is 2.71 bits per heavy atom. The van der Waals surface area contributed by atoms with Crippen molar-refractivity contribution in [2.45, 2.75) is 31.9 Å². The van der Waals surface area contributed by atoms with Crippen LogP contribution in [0.2, 0.25) is 0 Å². The highest BCUT2D eigenvalue weighted by molar-refractivity contribution is 7.98. The second kappa shape index (κ2) is 9.06. The van der Waals surface area contributed by atoms with Crippen molar-refractivity contribution in [3.8, 4) is 0 Å². The topological polar surface area (TPSA) is 17.1 Å². The van der Waals surface area contributed by atoms with Gasteiger partial charge < -0.3 is 0 Å². The zero-order valence-electron chi connectivity index (χ0n) is 10.4. The SMILES string of the molecule is CC=CC(=O)CCCCSCc1ccccc1. The molecule has 1 aromatic rings. The molecule has 17 heavy (non-hydrogen) atoms. The summed E-state index contributed by atoms with van der Waals surface area (Å²) in [5.41, 5.74) is 1.38. The maximum absolute atomic E-state index is 11.2. The van der Waals surface area contributed by atoms with Gasteiger partial charge in [0.15, 0.2) is 5.78 Å². The number of allylic oxidation sites excluding steroid dienone is 2. The molecular formula is C15H20OS. The lowest BCUT2D eigenvalue weighted by Crippen LogP contribution is -1.93. The summed E-state index contributed by atoms with van der Waals surface area (Å²) in [6.45, 7) is 1.88. The number of benzene rings is 1. The first-order valence-corrected chi connectivity index (χ1v) is 7.25. The highest BCUT2D eigenvalue weighted by atomic mass is 32.2. The molecule has 2 heteroatoms. The summed E-state index contributed by atoms with van der Waals surface area (Å²) >= 11 is 1.94. The van der Waals surface area contributed by atoms with E-state index in [1.165, 1.54) is 5.56 Å². The van der Waals surface area contributed by atoms with Gasteiger partial charge in [0.05, 0.1) is 0 Å². The molecule has 0 amide bonds. The normalized spacial score (nSPS) is 10.9. The molecule has 0 saturated carbocycles. The van der Waals surface area contributed by atoms with Crippen molar-refractivity contribution in [1.82, 2.24) is 0 Å². The summed E-state index contributed by atoms with van der Waals surface area (Å²) in [5.74, 6) is 2.46. The molecule has 0 saturated heterocycles. The van der Waals surface area contributed by atoms with E-state index in [1.54, 1.807) is 6.08 Å². The molecule has 1 aromatic carbocycles. The van der Waals surface area contributed by atoms with Gasteiger partial charge in [-0.2, -0.15) is 11.8 Å². The van der Waals surface area contributed by atoms with E-state index in [2.05, 4.69) is 24.3 Å². The minimum absolute atomic E-state index is 0.251. The molecule has 0 bridgehead atoms. The molecule has 0 atom stereocenters. The Morgan fingerprint density at radius 2 is 2.00 bits per heavy atom. The van der Waals surface area contributed by atoms with E-state index in [1.807, 2.05) is 30.8 Å². The maximum atomic E-state index is 11.2. The average molecular weight is 248 g/mol. The summed E-state index contributed by atoms with van der Waals surface area (Å²) in [6.07, 6.45) is 6.30. The second-order valence-corrected chi connectivity index (χ2v) is 5.07. The van der Waals surface area contributed by atoms with Crippen molar-refractivity contribution in [2.24, 2.45) is 0 Å². The molecule has 1 nitrogen and oxygen atoms in total. The minimum atomic E-state index is 0.251. The molecule has 92 valence electrons. The van der Waals surface area contributed by atoms with Gasteiger partial charge in [-0.25, -0.2) is 0 Å². The zero-order chi connectivity index (χ0) is 12.3. The van der Waals surface area contributed by atoms with E-state index >= 15 is 0 Å². The van der Waals surface area contributed by atoms with Crippen LogP contribution in [0.15, 0.2) is 42.5 Å². The van der Waals surface area contributed by atoms with Crippen molar-refractivity contribution in [3.63, 3.8) is 0 Å². The summed E-state index contributed by atoms with van der Waals surface area (Å²) in [5, 5.41) is 0. The Labute approximate surface area is 108 Å². The van der Waals surface area contributed by atoms with Crippen molar-refractivity contribution in [3.05, 3.63) is 48.0 Å². The van der Waals surface area contributed by atoms with Crippen LogP contribution in [0.5, 0.6) is 0 Å². The van der Waals surface area contributed by atoms with Gasteiger partial charge >= 0.3 is 0 Å². The van der Waals surface area contributed by atoms with Crippen molar-refractivity contribution >= 4 is 17.5 Å². The number of unbranched alkanes of at least 4 members (excludes halogenated alkanes) is 1. The molecule has 0 N–H and O–H groups in total. The van der Waals surface area contributed by atoms with Crippen molar-refractivity contribution < 1.29 is 4.79 Å². The number of hydrogen-bond donors (Lipinski definition) is 0. The highest BCUT2D eigenvalue weighted by Crippen LogP contribution is 2.14. The van der Waals surface area contributed by atoms with Gasteiger partial charge in [0, 0.05) is 12.2 Å². The van der Waals surface area contributed by atoms with Crippen LogP contribution in [0.25, 0.3) is 0 Å². The third-order valence-electron chi connectivity index (χ3n) is 2.43. The van der Waals surface area contributed by atoms with Gasteiger partial charge in [-0.3, -0.25) is 4.79 Å². The predicted octanol–water partition coefficient (Wildman–Crippen LogP) is 4.24. The van der Waals surface area contributed by atoms with E-state index in [9.17, 15) is 4.79 Å². The van der Waals surface area contributed by atoms with Crippen LogP contribution >= 0.6 is 11.8 Å². The molecule has 0 heterocycles. The Balaban J connectivity index is 2.00. The fourth-order valence-corrected chi connectivity index (χ4v) is 2.52. The van der Waals surface area contributed by atoms with Crippen molar-refractivity contribution in [1.29, 1.82) is 0 Å². The van der Waals surface area contributed by atoms with Gasteiger partial charge in [0.2, 0.25) is 0 Å². The van der Waals surface area contributed by atoms with Gasteiger partial charge in [0.1, 0.15) is 0 Å². The summed E-state index contributed by atoms with van der Waals surface area (Å²) in [7, 11) is 0. The lowest BCUT2D eigenvalue weighted by Gasteiger charge is -2.01. The molecule has 0 radical (unpaired) electrons. The standard InChI is InChI=1S/C15H20OS/c1-2-8-15(16)11-6-7-12-17-13-14-9-4-3-5-10-14/h2-5,8-10H,6-7,11-13H2,1H3. The molecule has 1 rings (SSSR count). The van der Waals surface area contributed by atoms with Crippen LogP contribution < -0.4 is 0 Å². The first kappa shape index (κ1) is 14.0. The molecule has 0 fully saturated rings. The van der Waals surface area contributed by atoms with Gasteiger partial charge in [-0.15, -0.1) is 0 Å². The maximum Gasteiger partial charge on any atom is 0.155 e. The fraction of sp³-hybridized carbons (Fsp3) is 0.400. The smallest absolute Gasteiger partial charge is 0.155 e. The van der Waals surface area contributed by atoms with Gasteiger partial charge in [0.25, 0.3) is 0 Å². The number of rotatable bonds is 8. The Bertz CT molecular complexity index is 343. The quantitative estimate of drug-likeness (QED) is 0.506. The summed E-state index contributed by atoms with van der Waals surface area (Å²) < 4.78 is 0. The second-order valence-electron chi connectivity index (χ2n) is 3.96. The van der Waals surface area contributed by atoms with Crippen LogP contribution in [0.4, 0.5) is 0 Å². The first-order chi connectivity index (χ1) is 8.33. The van der Waals surface area contributed by atoms with Gasteiger partial charge in [-0.1, -0.05) is 36.4 Å². The molecule has 0 unspecified atom stereocenters. The van der Waals surface area contributed by atoms with Crippen LogP contribution in [0.3, 0.4) is 0 Å². The van der Waals surface area contributed by atoms with Crippen molar-refractivity contribution in [2.75, 3.05) is 5.75 Å². The molecule has 0 aliphatic carbocycles. The number of carbonyl (C=O) groups is 1.